The van der Waals surface area contributed by atoms with Gasteiger partial charge in [0.1, 0.15) is 0 Å². The summed E-state index contributed by atoms with van der Waals surface area (Å²) < 4.78 is 38.3. The zero-order valence-electron chi connectivity index (χ0n) is 19.7. The van der Waals surface area contributed by atoms with Crippen LogP contribution in [0.3, 0.4) is 0 Å². The summed E-state index contributed by atoms with van der Waals surface area (Å²) in [5.74, 6) is 0.557. The van der Waals surface area contributed by atoms with Crippen molar-refractivity contribution in [1.82, 2.24) is 9.62 Å². The van der Waals surface area contributed by atoms with Crippen molar-refractivity contribution in [2.24, 2.45) is 0 Å². The number of carbonyl (C=O) groups excluding carboxylic acids is 1. The van der Waals surface area contributed by atoms with Crippen LogP contribution in [-0.2, 0) is 19.5 Å². The molecule has 1 saturated heterocycles. The summed E-state index contributed by atoms with van der Waals surface area (Å²) >= 11 is 0. The number of sulfonamides is 1. The quantitative estimate of drug-likeness (QED) is 0.625. The first-order valence-corrected chi connectivity index (χ1v) is 13.6. The van der Waals surface area contributed by atoms with E-state index in [1.165, 1.54) is 12.7 Å². The molecule has 3 rings (SSSR count). The van der Waals surface area contributed by atoms with E-state index < -0.39 is 33.7 Å². The van der Waals surface area contributed by atoms with Gasteiger partial charge >= 0.3 is 6.09 Å². The third-order valence-electron chi connectivity index (χ3n) is 7.41. The molecule has 32 heavy (non-hydrogen) atoms. The number of carbonyl (C=O) groups is 1. The summed E-state index contributed by atoms with van der Waals surface area (Å²) in [5.41, 5.74) is 0.931. The summed E-state index contributed by atoms with van der Waals surface area (Å²) in [6, 6.07) is 9.79. The number of likely N-dealkylation sites (tertiary alicyclic amines) is 1. The normalized spacial score (nSPS) is 27.9. The van der Waals surface area contributed by atoms with E-state index in [0.717, 1.165) is 44.8 Å². The van der Waals surface area contributed by atoms with Crippen molar-refractivity contribution in [1.29, 1.82) is 0 Å². The first kappa shape index (κ1) is 25.0. The number of hydrogen-bond donors (Lipinski definition) is 1. The zero-order valence-corrected chi connectivity index (χ0v) is 20.6. The van der Waals surface area contributed by atoms with E-state index in [4.69, 9.17) is 9.47 Å². The molecule has 7 nitrogen and oxygen atoms in total. The Morgan fingerprint density at radius 2 is 1.75 bits per heavy atom. The third-order valence-corrected chi connectivity index (χ3v) is 8.14. The fraction of sp³-hybridized carbons (Fsp3) is 0.708. The Hall–Kier alpha value is -1.64. The lowest BCUT2D eigenvalue weighted by Gasteiger charge is -2.39. The molecule has 1 heterocycles. The fourth-order valence-corrected chi connectivity index (χ4v) is 6.38. The van der Waals surface area contributed by atoms with Crippen molar-refractivity contribution in [3.63, 3.8) is 0 Å². The number of ether oxygens (including phenoxy) is 2. The average Bonchev–Trinajstić information content (AvgIpc) is 3.10. The standard InChI is InChI=1S/C24H38N2O5S/c1-5-24(6-2)16-21(25-32(4,28)29)22(26(24)23(27)30-3)17-31-20-14-12-19(13-15-20)18-10-8-7-9-11-18/h7-11,19-22,25H,5-6,12-17H2,1-4H3/t19-,20+,21-,22?/m0/s1. The minimum absolute atomic E-state index is 0.117. The highest BCUT2D eigenvalue weighted by molar-refractivity contribution is 7.88. The van der Waals surface area contributed by atoms with Gasteiger partial charge in [-0.3, -0.25) is 4.90 Å². The van der Waals surface area contributed by atoms with Crippen molar-refractivity contribution >= 4 is 16.1 Å². The van der Waals surface area contributed by atoms with E-state index in [9.17, 15) is 13.2 Å². The maximum atomic E-state index is 12.8. The summed E-state index contributed by atoms with van der Waals surface area (Å²) in [6.45, 7) is 4.36. The molecular formula is C24H38N2O5S. The second-order valence-electron chi connectivity index (χ2n) is 9.26. The average molecular weight is 467 g/mol. The van der Waals surface area contributed by atoms with Gasteiger partial charge in [0.25, 0.3) is 0 Å². The Labute approximate surface area is 192 Å². The van der Waals surface area contributed by atoms with Gasteiger partial charge < -0.3 is 9.47 Å². The van der Waals surface area contributed by atoms with Crippen LogP contribution in [0.15, 0.2) is 30.3 Å². The van der Waals surface area contributed by atoms with Gasteiger partial charge in [0.2, 0.25) is 10.0 Å². The van der Waals surface area contributed by atoms with E-state index in [0.29, 0.717) is 18.9 Å². The predicted octanol–water partition coefficient (Wildman–Crippen LogP) is 4.05. The van der Waals surface area contributed by atoms with Gasteiger partial charge in [-0.1, -0.05) is 44.2 Å². The monoisotopic (exact) mass is 466 g/mol. The van der Waals surface area contributed by atoms with Crippen molar-refractivity contribution in [2.75, 3.05) is 20.0 Å². The van der Waals surface area contributed by atoms with Crippen LogP contribution in [0.5, 0.6) is 0 Å². The molecule has 1 saturated carbocycles. The highest BCUT2D eigenvalue weighted by atomic mass is 32.2. The Morgan fingerprint density at radius 3 is 2.28 bits per heavy atom. The number of benzene rings is 1. The first-order valence-electron chi connectivity index (χ1n) is 11.7. The Kier molecular flexibility index (Phi) is 8.22. The molecule has 2 atom stereocenters. The SMILES string of the molecule is CCC1(CC)C[C@H](NS(C)(=O)=O)C(CO[C@H]2CC[C@@H](c3ccccc3)CC2)N1C(=O)OC. The Morgan fingerprint density at radius 1 is 1.12 bits per heavy atom. The zero-order chi connectivity index (χ0) is 23.4. The van der Waals surface area contributed by atoms with Crippen molar-refractivity contribution in [2.45, 2.75) is 88.4 Å². The number of amides is 1. The molecule has 1 aliphatic carbocycles. The van der Waals surface area contributed by atoms with Crippen molar-refractivity contribution in [3.05, 3.63) is 35.9 Å². The van der Waals surface area contributed by atoms with Crippen LogP contribution in [0, 0.1) is 0 Å². The summed E-state index contributed by atoms with van der Waals surface area (Å²) in [5, 5.41) is 0. The lowest BCUT2D eigenvalue weighted by Crippen LogP contribution is -2.54. The van der Waals surface area contributed by atoms with Crippen molar-refractivity contribution < 1.29 is 22.7 Å². The van der Waals surface area contributed by atoms with Gasteiger partial charge in [-0.2, -0.15) is 0 Å². The van der Waals surface area contributed by atoms with Gasteiger partial charge in [0, 0.05) is 11.6 Å². The molecule has 0 radical (unpaired) electrons. The molecule has 1 amide bonds. The predicted molar refractivity (Wildman–Crippen MR) is 125 cm³/mol. The number of hydrogen-bond acceptors (Lipinski definition) is 5. The first-order chi connectivity index (χ1) is 15.2. The second kappa shape index (κ2) is 10.5. The largest absolute Gasteiger partial charge is 0.453 e. The maximum Gasteiger partial charge on any atom is 0.410 e. The molecule has 1 N–H and O–H groups in total. The van der Waals surface area contributed by atoms with Gasteiger partial charge in [-0.15, -0.1) is 0 Å². The van der Waals surface area contributed by atoms with Crippen molar-refractivity contribution in [3.8, 4) is 0 Å². The van der Waals surface area contributed by atoms with Gasteiger partial charge in [0.15, 0.2) is 0 Å². The molecule has 2 fully saturated rings. The van der Waals surface area contributed by atoms with Gasteiger partial charge in [-0.05, 0) is 56.4 Å². The maximum absolute atomic E-state index is 12.8. The second-order valence-corrected chi connectivity index (χ2v) is 11.0. The van der Waals surface area contributed by atoms with Crippen LogP contribution in [0.25, 0.3) is 0 Å². The van der Waals surface area contributed by atoms with Gasteiger partial charge in [0.05, 0.1) is 32.1 Å². The van der Waals surface area contributed by atoms with E-state index in [2.05, 4.69) is 29.0 Å². The van der Waals surface area contributed by atoms with E-state index in [1.807, 2.05) is 19.9 Å². The summed E-state index contributed by atoms with van der Waals surface area (Å²) in [7, 11) is -2.05. The third kappa shape index (κ3) is 5.64. The number of rotatable bonds is 8. The molecule has 0 aromatic heterocycles. The van der Waals surface area contributed by atoms with Crippen LogP contribution in [-0.4, -0.2) is 63.1 Å². The smallest absolute Gasteiger partial charge is 0.410 e. The number of methoxy groups -OCH3 is 1. The highest BCUT2D eigenvalue weighted by Crippen LogP contribution is 2.41. The molecule has 8 heteroatoms. The Balaban J connectivity index is 1.70. The molecule has 0 bridgehead atoms. The molecule has 1 aromatic rings. The van der Waals surface area contributed by atoms with E-state index in [-0.39, 0.29) is 6.10 Å². The fourth-order valence-electron chi connectivity index (χ4n) is 5.59. The molecule has 1 aliphatic heterocycles. The minimum Gasteiger partial charge on any atom is -0.453 e. The van der Waals surface area contributed by atoms with Crippen LogP contribution < -0.4 is 4.72 Å². The highest BCUT2D eigenvalue weighted by Gasteiger charge is 2.53. The molecule has 1 aromatic carbocycles. The molecule has 1 unspecified atom stereocenters. The topological polar surface area (TPSA) is 84.9 Å². The summed E-state index contributed by atoms with van der Waals surface area (Å²) in [4.78, 5) is 14.5. The lowest BCUT2D eigenvalue weighted by atomic mass is 9.83. The molecule has 0 spiro atoms. The van der Waals surface area contributed by atoms with E-state index >= 15 is 0 Å². The summed E-state index contributed by atoms with van der Waals surface area (Å²) in [6.07, 6.45) is 6.91. The number of nitrogens with one attached hydrogen (secondary N) is 1. The Bertz CT molecular complexity index is 848. The van der Waals surface area contributed by atoms with Crippen LogP contribution in [0.4, 0.5) is 4.79 Å². The van der Waals surface area contributed by atoms with Crippen LogP contribution in [0.1, 0.15) is 70.3 Å². The molecular weight excluding hydrogens is 428 g/mol. The minimum atomic E-state index is -3.43. The molecule has 2 aliphatic rings. The molecule has 180 valence electrons. The van der Waals surface area contributed by atoms with Crippen LogP contribution >= 0.6 is 0 Å². The van der Waals surface area contributed by atoms with E-state index in [1.54, 1.807) is 4.90 Å². The van der Waals surface area contributed by atoms with Gasteiger partial charge in [-0.25, -0.2) is 17.9 Å². The lowest BCUT2D eigenvalue weighted by molar-refractivity contribution is -0.0196. The number of nitrogens with zero attached hydrogens (tertiary/aromatic N) is 1. The van der Waals surface area contributed by atoms with Crippen LogP contribution in [0.2, 0.25) is 0 Å².